The van der Waals surface area contributed by atoms with Crippen LogP contribution in [0.1, 0.15) is 24.5 Å². The lowest BCUT2D eigenvalue weighted by Crippen LogP contribution is -2.28. The predicted octanol–water partition coefficient (Wildman–Crippen LogP) is 1.75. The van der Waals surface area contributed by atoms with Crippen LogP contribution in [0.25, 0.3) is 0 Å². The Bertz CT molecular complexity index is 588. The van der Waals surface area contributed by atoms with Gasteiger partial charge in [-0.05, 0) is 37.1 Å². The lowest BCUT2D eigenvalue weighted by Gasteiger charge is -2.18. The number of terminal acetylenes is 1. The lowest BCUT2D eigenvalue weighted by atomic mass is 10.1. The molecule has 0 aliphatic rings. The Morgan fingerprint density at radius 2 is 2.10 bits per heavy atom. The highest BCUT2D eigenvalue weighted by Gasteiger charge is 2.22. The van der Waals surface area contributed by atoms with Crippen LogP contribution >= 0.6 is 0 Å². The van der Waals surface area contributed by atoms with E-state index in [1.54, 1.807) is 12.1 Å². The summed E-state index contributed by atoms with van der Waals surface area (Å²) in [5, 5.41) is 3.28. The Morgan fingerprint density at radius 1 is 1.40 bits per heavy atom. The third-order valence-electron chi connectivity index (χ3n) is 3.14. The third-order valence-corrected chi connectivity index (χ3v) is 5.09. The summed E-state index contributed by atoms with van der Waals surface area (Å²) in [7, 11) is -2.03. The number of hydrogen-bond acceptors (Lipinski definition) is 3. The Labute approximate surface area is 122 Å². The monoisotopic (exact) mass is 294 g/mol. The van der Waals surface area contributed by atoms with Crippen LogP contribution in [-0.2, 0) is 16.6 Å². The molecule has 0 saturated heterocycles. The molecule has 4 nitrogen and oxygen atoms in total. The molecule has 0 saturated carbocycles. The second-order valence-corrected chi connectivity index (χ2v) is 6.70. The van der Waals surface area contributed by atoms with E-state index in [9.17, 15) is 8.42 Å². The fraction of sp³-hybridized carbons (Fsp3) is 0.467. The fourth-order valence-corrected chi connectivity index (χ4v) is 3.26. The minimum Gasteiger partial charge on any atom is -0.313 e. The quantitative estimate of drug-likeness (QED) is 0.616. The van der Waals surface area contributed by atoms with Gasteiger partial charge in [0.2, 0.25) is 10.0 Å². The standard InChI is InChI=1S/C15H22N2O2S/c1-5-10-16-12-14-8-7-9-15(13(14)3)20(18,19)17(4)11-6-2/h2,7-9,16H,5,10-12H2,1,3-4H3. The molecule has 1 N–H and O–H groups in total. The van der Waals surface area contributed by atoms with E-state index in [4.69, 9.17) is 6.42 Å². The van der Waals surface area contributed by atoms with Crippen molar-refractivity contribution in [2.45, 2.75) is 31.7 Å². The highest BCUT2D eigenvalue weighted by atomic mass is 32.2. The van der Waals surface area contributed by atoms with Crippen LogP contribution in [0, 0.1) is 19.3 Å². The number of hydrogen-bond donors (Lipinski definition) is 1. The van der Waals surface area contributed by atoms with Gasteiger partial charge in [-0.1, -0.05) is 25.0 Å². The second kappa shape index (κ2) is 7.44. The van der Waals surface area contributed by atoms with Gasteiger partial charge in [0.25, 0.3) is 0 Å². The molecule has 0 amide bonds. The molecule has 5 heteroatoms. The van der Waals surface area contributed by atoms with Crippen molar-refractivity contribution in [1.29, 1.82) is 0 Å². The Morgan fingerprint density at radius 3 is 2.70 bits per heavy atom. The van der Waals surface area contributed by atoms with Gasteiger partial charge in [0.1, 0.15) is 0 Å². The average Bonchev–Trinajstić information content (AvgIpc) is 2.41. The van der Waals surface area contributed by atoms with E-state index in [0.717, 1.165) is 24.1 Å². The number of rotatable bonds is 7. The first-order valence-corrected chi connectivity index (χ1v) is 8.08. The van der Waals surface area contributed by atoms with Gasteiger partial charge in [-0.3, -0.25) is 0 Å². The second-order valence-electron chi connectivity index (χ2n) is 4.68. The van der Waals surface area contributed by atoms with Crippen LogP contribution < -0.4 is 5.32 Å². The zero-order chi connectivity index (χ0) is 15.2. The van der Waals surface area contributed by atoms with Crippen molar-refractivity contribution in [1.82, 2.24) is 9.62 Å². The zero-order valence-electron chi connectivity index (χ0n) is 12.3. The van der Waals surface area contributed by atoms with Gasteiger partial charge in [-0.15, -0.1) is 6.42 Å². The van der Waals surface area contributed by atoms with E-state index < -0.39 is 10.0 Å². The first-order valence-electron chi connectivity index (χ1n) is 6.64. The van der Waals surface area contributed by atoms with E-state index in [1.165, 1.54) is 11.4 Å². The van der Waals surface area contributed by atoms with Crippen molar-refractivity contribution in [3.05, 3.63) is 29.3 Å². The average molecular weight is 294 g/mol. The van der Waals surface area contributed by atoms with Gasteiger partial charge in [0.05, 0.1) is 11.4 Å². The van der Waals surface area contributed by atoms with Crippen LogP contribution in [0.3, 0.4) is 0 Å². The molecule has 0 atom stereocenters. The molecular weight excluding hydrogens is 272 g/mol. The number of nitrogens with one attached hydrogen (secondary N) is 1. The maximum absolute atomic E-state index is 12.4. The molecule has 0 bridgehead atoms. The van der Waals surface area contributed by atoms with Crippen LogP contribution in [0.4, 0.5) is 0 Å². The molecule has 0 radical (unpaired) electrons. The third kappa shape index (κ3) is 3.83. The molecule has 0 heterocycles. The lowest BCUT2D eigenvalue weighted by molar-refractivity contribution is 0.502. The largest absolute Gasteiger partial charge is 0.313 e. The van der Waals surface area contributed by atoms with Crippen molar-refractivity contribution >= 4 is 10.0 Å². The molecule has 0 aliphatic heterocycles. The smallest absolute Gasteiger partial charge is 0.243 e. The molecule has 0 spiro atoms. The molecule has 0 unspecified atom stereocenters. The Kier molecular flexibility index (Phi) is 6.21. The van der Waals surface area contributed by atoms with E-state index in [1.807, 2.05) is 13.0 Å². The summed E-state index contributed by atoms with van der Waals surface area (Å²) in [5.41, 5.74) is 1.77. The topological polar surface area (TPSA) is 49.4 Å². The van der Waals surface area contributed by atoms with Gasteiger partial charge in [-0.25, -0.2) is 8.42 Å². The molecule has 110 valence electrons. The molecule has 20 heavy (non-hydrogen) atoms. The molecular formula is C15H22N2O2S. The van der Waals surface area contributed by atoms with Gasteiger partial charge in [-0.2, -0.15) is 4.31 Å². The van der Waals surface area contributed by atoms with Crippen LogP contribution in [0.15, 0.2) is 23.1 Å². The van der Waals surface area contributed by atoms with Gasteiger partial charge >= 0.3 is 0 Å². The number of nitrogens with zero attached hydrogens (tertiary/aromatic N) is 1. The Balaban J connectivity index is 3.08. The first kappa shape index (κ1) is 16.7. The van der Waals surface area contributed by atoms with Gasteiger partial charge in [0.15, 0.2) is 0 Å². The molecule has 0 fully saturated rings. The van der Waals surface area contributed by atoms with Crippen LogP contribution in [0.2, 0.25) is 0 Å². The minimum atomic E-state index is -3.52. The van der Waals surface area contributed by atoms with E-state index in [-0.39, 0.29) is 6.54 Å². The van der Waals surface area contributed by atoms with Crippen LogP contribution in [-0.4, -0.2) is 32.9 Å². The summed E-state index contributed by atoms with van der Waals surface area (Å²) in [4.78, 5) is 0.325. The molecule has 1 aromatic rings. The fourth-order valence-electron chi connectivity index (χ4n) is 1.91. The van der Waals surface area contributed by atoms with Crippen molar-refractivity contribution in [3.8, 4) is 12.3 Å². The number of sulfonamides is 1. The first-order chi connectivity index (χ1) is 9.45. The van der Waals surface area contributed by atoms with Crippen molar-refractivity contribution in [2.24, 2.45) is 0 Å². The summed E-state index contributed by atoms with van der Waals surface area (Å²) in [6.45, 7) is 5.57. The SMILES string of the molecule is C#CCN(C)S(=O)(=O)c1cccc(CNCCC)c1C. The number of benzene rings is 1. The highest BCUT2D eigenvalue weighted by Crippen LogP contribution is 2.21. The predicted molar refractivity (Wildman–Crippen MR) is 81.8 cm³/mol. The summed E-state index contributed by atoms with van der Waals surface area (Å²) < 4.78 is 26.1. The maximum atomic E-state index is 12.4. The van der Waals surface area contributed by atoms with E-state index in [2.05, 4.69) is 18.2 Å². The summed E-state index contributed by atoms with van der Waals surface area (Å²) in [6, 6.07) is 5.34. The zero-order valence-corrected chi connectivity index (χ0v) is 13.1. The van der Waals surface area contributed by atoms with Crippen LogP contribution in [0.5, 0.6) is 0 Å². The van der Waals surface area contributed by atoms with Crippen molar-refractivity contribution in [2.75, 3.05) is 20.1 Å². The molecule has 0 aliphatic carbocycles. The summed E-state index contributed by atoms with van der Waals surface area (Å²) in [6.07, 6.45) is 6.23. The van der Waals surface area contributed by atoms with Gasteiger partial charge in [0, 0.05) is 13.6 Å². The summed E-state index contributed by atoms with van der Waals surface area (Å²) >= 11 is 0. The van der Waals surface area contributed by atoms with Crippen molar-refractivity contribution in [3.63, 3.8) is 0 Å². The van der Waals surface area contributed by atoms with E-state index >= 15 is 0 Å². The highest BCUT2D eigenvalue weighted by molar-refractivity contribution is 7.89. The molecule has 1 aromatic carbocycles. The maximum Gasteiger partial charge on any atom is 0.243 e. The van der Waals surface area contributed by atoms with E-state index in [0.29, 0.717) is 11.4 Å². The molecule has 1 rings (SSSR count). The minimum absolute atomic E-state index is 0.0695. The Hall–Kier alpha value is -1.35. The van der Waals surface area contributed by atoms with Crippen molar-refractivity contribution < 1.29 is 8.42 Å². The molecule has 0 aromatic heterocycles. The summed E-state index contributed by atoms with van der Waals surface area (Å²) in [5.74, 6) is 2.35. The van der Waals surface area contributed by atoms with Gasteiger partial charge < -0.3 is 5.32 Å². The normalized spacial score (nSPS) is 11.6.